The van der Waals surface area contributed by atoms with Gasteiger partial charge in [-0.15, -0.1) is 4.40 Å². The van der Waals surface area contributed by atoms with Gasteiger partial charge in [0.2, 0.25) is 0 Å². The maximum atomic E-state index is 12.5. The predicted molar refractivity (Wildman–Crippen MR) is 101 cm³/mol. The summed E-state index contributed by atoms with van der Waals surface area (Å²) in [5.74, 6) is 0.672. The number of nitrogen functional groups attached to an aromatic ring is 1. The molecule has 1 heterocycles. The molecule has 1 fully saturated rings. The molecule has 0 bridgehead atoms. The molecule has 1 aliphatic heterocycles. The van der Waals surface area contributed by atoms with Gasteiger partial charge in [0.05, 0.1) is 4.90 Å². The number of sulfonamides is 1. The van der Waals surface area contributed by atoms with E-state index in [0.717, 1.165) is 38.0 Å². The van der Waals surface area contributed by atoms with Crippen LogP contribution in [0.2, 0.25) is 0 Å². The van der Waals surface area contributed by atoms with Crippen molar-refractivity contribution in [3.63, 3.8) is 0 Å². The second kappa shape index (κ2) is 7.70. The Morgan fingerprint density at radius 3 is 2.44 bits per heavy atom. The number of piperidine rings is 1. The van der Waals surface area contributed by atoms with Gasteiger partial charge in [-0.3, -0.25) is 0 Å². The van der Waals surface area contributed by atoms with E-state index in [9.17, 15) is 8.42 Å². The van der Waals surface area contributed by atoms with Gasteiger partial charge in [0.25, 0.3) is 10.0 Å². The fourth-order valence-electron chi connectivity index (χ4n) is 2.95. The lowest BCUT2D eigenvalue weighted by atomic mass is 10.1. The normalized spacial score (nSPS) is 17.0. The van der Waals surface area contributed by atoms with Crippen molar-refractivity contribution in [2.24, 2.45) is 4.40 Å². The van der Waals surface area contributed by atoms with Crippen molar-refractivity contribution in [2.45, 2.75) is 30.6 Å². The largest absolute Gasteiger partial charge is 0.399 e. The van der Waals surface area contributed by atoms with E-state index >= 15 is 0 Å². The van der Waals surface area contributed by atoms with Gasteiger partial charge < -0.3 is 10.6 Å². The Balaban J connectivity index is 1.75. The second-order valence-electron chi connectivity index (χ2n) is 6.23. The Morgan fingerprint density at radius 2 is 1.72 bits per heavy atom. The van der Waals surface area contributed by atoms with Gasteiger partial charge in [0, 0.05) is 25.2 Å². The van der Waals surface area contributed by atoms with E-state index in [0.29, 0.717) is 12.3 Å². The molecule has 6 heteroatoms. The molecule has 0 atom stereocenters. The third kappa shape index (κ3) is 4.60. The van der Waals surface area contributed by atoms with Gasteiger partial charge >= 0.3 is 0 Å². The minimum Gasteiger partial charge on any atom is -0.399 e. The molecule has 1 saturated heterocycles. The summed E-state index contributed by atoms with van der Waals surface area (Å²) in [5.41, 5.74) is 7.65. The number of amidine groups is 1. The minimum absolute atomic E-state index is 0.242. The molecule has 5 nitrogen and oxygen atoms in total. The number of hydrogen-bond acceptors (Lipinski definition) is 3. The van der Waals surface area contributed by atoms with E-state index in [4.69, 9.17) is 5.73 Å². The van der Waals surface area contributed by atoms with E-state index in [1.807, 2.05) is 24.3 Å². The fourth-order valence-corrected chi connectivity index (χ4v) is 4.04. The van der Waals surface area contributed by atoms with Crippen molar-refractivity contribution in [3.8, 4) is 0 Å². The molecule has 3 rings (SSSR count). The SMILES string of the molecule is Nc1ccc(CCN2CCCCC2=NS(=O)(=O)c2ccccc2)cc1. The van der Waals surface area contributed by atoms with Crippen LogP contribution in [0.4, 0.5) is 5.69 Å². The second-order valence-corrected chi connectivity index (χ2v) is 7.84. The molecule has 132 valence electrons. The molecule has 25 heavy (non-hydrogen) atoms. The number of nitrogens with zero attached hydrogens (tertiary/aromatic N) is 2. The number of rotatable bonds is 5. The molecular formula is C19H23N3O2S. The maximum Gasteiger partial charge on any atom is 0.283 e. The predicted octanol–water partition coefficient (Wildman–Crippen LogP) is 3.08. The van der Waals surface area contributed by atoms with Crippen LogP contribution in [-0.2, 0) is 16.4 Å². The minimum atomic E-state index is -3.65. The van der Waals surface area contributed by atoms with E-state index in [2.05, 4.69) is 9.30 Å². The molecule has 0 aliphatic carbocycles. The Kier molecular flexibility index (Phi) is 5.38. The number of anilines is 1. The van der Waals surface area contributed by atoms with Crippen LogP contribution in [0.15, 0.2) is 63.9 Å². The van der Waals surface area contributed by atoms with Gasteiger partial charge in [-0.25, -0.2) is 0 Å². The highest BCUT2D eigenvalue weighted by Crippen LogP contribution is 2.18. The van der Waals surface area contributed by atoms with Gasteiger partial charge in [0.15, 0.2) is 0 Å². The summed E-state index contributed by atoms with van der Waals surface area (Å²) in [6.45, 7) is 1.60. The highest BCUT2D eigenvalue weighted by molar-refractivity contribution is 7.90. The first-order chi connectivity index (χ1) is 12.0. The quantitative estimate of drug-likeness (QED) is 0.835. The lowest BCUT2D eigenvalue weighted by Crippen LogP contribution is -2.37. The molecule has 0 unspecified atom stereocenters. The average Bonchev–Trinajstić information content (AvgIpc) is 2.63. The number of benzene rings is 2. The van der Waals surface area contributed by atoms with E-state index in [-0.39, 0.29) is 4.90 Å². The summed E-state index contributed by atoms with van der Waals surface area (Å²) in [5, 5.41) is 0. The van der Waals surface area contributed by atoms with Crippen LogP contribution in [-0.4, -0.2) is 32.2 Å². The van der Waals surface area contributed by atoms with Gasteiger partial charge in [-0.2, -0.15) is 8.42 Å². The van der Waals surface area contributed by atoms with E-state index < -0.39 is 10.0 Å². The van der Waals surface area contributed by atoms with Crippen LogP contribution in [0.25, 0.3) is 0 Å². The monoisotopic (exact) mass is 357 g/mol. The van der Waals surface area contributed by atoms with Crippen LogP contribution in [0.1, 0.15) is 24.8 Å². The van der Waals surface area contributed by atoms with Gasteiger partial charge in [-0.05, 0) is 49.1 Å². The molecule has 2 N–H and O–H groups in total. The van der Waals surface area contributed by atoms with Crippen molar-refractivity contribution in [1.82, 2.24) is 4.90 Å². The Bertz CT molecular complexity index is 831. The Labute approximate surface area is 149 Å². The molecule has 0 amide bonds. The van der Waals surface area contributed by atoms with Crippen molar-refractivity contribution in [1.29, 1.82) is 0 Å². The summed E-state index contributed by atoms with van der Waals surface area (Å²) < 4.78 is 29.2. The van der Waals surface area contributed by atoms with Crippen molar-refractivity contribution in [2.75, 3.05) is 18.8 Å². The zero-order chi connectivity index (χ0) is 17.7. The topological polar surface area (TPSA) is 75.8 Å². The Morgan fingerprint density at radius 1 is 1.00 bits per heavy atom. The first-order valence-electron chi connectivity index (χ1n) is 8.53. The molecule has 0 aromatic heterocycles. The van der Waals surface area contributed by atoms with E-state index in [1.165, 1.54) is 5.56 Å². The zero-order valence-electron chi connectivity index (χ0n) is 14.1. The summed E-state index contributed by atoms with van der Waals surface area (Å²) >= 11 is 0. The van der Waals surface area contributed by atoms with Crippen molar-refractivity contribution >= 4 is 21.5 Å². The highest BCUT2D eigenvalue weighted by Gasteiger charge is 2.21. The number of likely N-dealkylation sites (tertiary alicyclic amines) is 1. The molecule has 2 aromatic carbocycles. The summed E-state index contributed by atoms with van der Waals surface area (Å²) in [6.07, 6.45) is 3.58. The Hall–Kier alpha value is -2.34. The molecule has 0 radical (unpaired) electrons. The maximum absolute atomic E-state index is 12.5. The molecular weight excluding hydrogens is 334 g/mol. The molecule has 1 aliphatic rings. The number of hydrogen-bond donors (Lipinski definition) is 1. The summed E-state index contributed by atoms with van der Waals surface area (Å²) in [7, 11) is -3.65. The van der Waals surface area contributed by atoms with Crippen LogP contribution >= 0.6 is 0 Å². The lowest BCUT2D eigenvalue weighted by Gasteiger charge is -2.30. The molecule has 0 spiro atoms. The summed E-state index contributed by atoms with van der Waals surface area (Å²) in [4.78, 5) is 2.34. The first-order valence-corrected chi connectivity index (χ1v) is 9.97. The van der Waals surface area contributed by atoms with Crippen LogP contribution < -0.4 is 5.73 Å². The average molecular weight is 357 g/mol. The van der Waals surface area contributed by atoms with Crippen LogP contribution in [0.3, 0.4) is 0 Å². The molecule has 0 saturated carbocycles. The van der Waals surface area contributed by atoms with Crippen molar-refractivity contribution < 1.29 is 8.42 Å². The number of nitrogens with two attached hydrogens (primary N) is 1. The third-order valence-electron chi connectivity index (χ3n) is 4.36. The van der Waals surface area contributed by atoms with Gasteiger partial charge in [0.1, 0.15) is 5.84 Å². The highest BCUT2D eigenvalue weighted by atomic mass is 32.2. The van der Waals surface area contributed by atoms with Gasteiger partial charge in [-0.1, -0.05) is 30.3 Å². The zero-order valence-corrected chi connectivity index (χ0v) is 15.0. The van der Waals surface area contributed by atoms with Crippen LogP contribution in [0.5, 0.6) is 0 Å². The smallest absolute Gasteiger partial charge is 0.283 e. The van der Waals surface area contributed by atoms with E-state index in [1.54, 1.807) is 30.3 Å². The lowest BCUT2D eigenvalue weighted by molar-refractivity contribution is 0.374. The molecule has 2 aromatic rings. The summed E-state index contributed by atoms with van der Waals surface area (Å²) in [6, 6.07) is 16.2. The first kappa shape index (κ1) is 17.5. The fraction of sp³-hybridized carbons (Fsp3) is 0.316. The standard InChI is InChI=1S/C19H23N3O2S/c20-17-11-9-16(10-12-17)13-15-22-14-5-4-8-19(22)21-25(23,24)18-6-2-1-3-7-18/h1-3,6-7,9-12H,4-5,8,13-15,20H2. The third-order valence-corrected chi connectivity index (χ3v) is 5.68. The van der Waals surface area contributed by atoms with Crippen LogP contribution in [0, 0.1) is 0 Å². The van der Waals surface area contributed by atoms with Crippen molar-refractivity contribution in [3.05, 3.63) is 60.2 Å².